The van der Waals surface area contributed by atoms with Crippen LogP contribution in [-0.4, -0.2) is 20.6 Å². The Morgan fingerprint density at radius 3 is 2.63 bits per heavy atom. The van der Waals surface area contributed by atoms with E-state index in [2.05, 4.69) is 18.8 Å². The molecule has 1 N–H and O–H groups in total. The lowest BCUT2D eigenvalue weighted by Gasteiger charge is -2.12. The van der Waals surface area contributed by atoms with Gasteiger partial charge in [0.25, 0.3) is 0 Å². The van der Waals surface area contributed by atoms with Crippen LogP contribution in [0.1, 0.15) is 35.9 Å². The second kappa shape index (κ2) is 5.56. The van der Waals surface area contributed by atoms with E-state index >= 15 is 0 Å². The van der Waals surface area contributed by atoms with Crippen molar-refractivity contribution in [3.05, 3.63) is 48.0 Å². The SMILES string of the molecule is CC(C)n1cncc1COc1ccc(C(=O)O)cc1. The first-order valence-corrected chi connectivity index (χ1v) is 6.05. The van der Waals surface area contributed by atoms with Gasteiger partial charge >= 0.3 is 5.97 Å². The number of imidazole rings is 1. The van der Waals surface area contributed by atoms with Crippen LogP contribution in [-0.2, 0) is 6.61 Å². The number of rotatable bonds is 5. The summed E-state index contributed by atoms with van der Waals surface area (Å²) in [5.74, 6) is -0.300. The smallest absolute Gasteiger partial charge is 0.335 e. The summed E-state index contributed by atoms with van der Waals surface area (Å²) in [6.07, 6.45) is 3.54. The minimum Gasteiger partial charge on any atom is -0.487 e. The second-order valence-electron chi connectivity index (χ2n) is 4.50. The van der Waals surface area contributed by atoms with E-state index in [1.807, 2.05) is 4.57 Å². The number of carboxylic acid groups (broad SMARTS) is 1. The summed E-state index contributed by atoms with van der Waals surface area (Å²) < 4.78 is 7.66. The molecule has 1 aromatic carbocycles. The quantitative estimate of drug-likeness (QED) is 0.897. The van der Waals surface area contributed by atoms with Crippen molar-refractivity contribution < 1.29 is 14.6 Å². The predicted molar refractivity (Wildman–Crippen MR) is 70.3 cm³/mol. The average molecular weight is 260 g/mol. The Morgan fingerprint density at radius 2 is 2.05 bits per heavy atom. The Hall–Kier alpha value is -2.30. The average Bonchev–Trinajstić information content (AvgIpc) is 2.85. The summed E-state index contributed by atoms with van der Waals surface area (Å²) in [7, 11) is 0. The molecule has 0 atom stereocenters. The van der Waals surface area contributed by atoms with E-state index in [1.165, 1.54) is 12.1 Å². The van der Waals surface area contributed by atoms with Crippen LogP contribution in [0, 0.1) is 0 Å². The molecule has 100 valence electrons. The monoisotopic (exact) mass is 260 g/mol. The molecule has 0 unspecified atom stereocenters. The molecule has 0 aliphatic heterocycles. The molecule has 19 heavy (non-hydrogen) atoms. The lowest BCUT2D eigenvalue weighted by molar-refractivity contribution is 0.0697. The lowest BCUT2D eigenvalue weighted by atomic mass is 10.2. The third-order valence-corrected chi connectivity index (χ3v) is 2.79. The number of aromatic nitrogens is 2. The van der Waals surface area contributed by atoms with Crippen molar-refractivity contribution in [2.45, 2.75) is 26.5 Å². The first kappa shape index (κ1) is 13.1. The molecule has 0 radical (unpaired) electrons. The van der Waals surface area contributed by atoms with Crippen molar-refractivity contribution in [2.75, 3.05) is 0 Å². The van der Waals surface area contributed by atoms with Gasteiger partial charge in [0.05, 0.1) is 23.8 Å². The summed E-state index contributed by atoms with van der Waals surface area (Å²) in [6.45, 7) is 4.56. The van der Waals surface area contributed by atoms with E-state index in [0.717, 1.165) is 5.69 Å². The number of hydrogen-bond acceptors (Lipinski definition) is 3. The molecular formula is C14H16N2O3. The van der Waals surface area contributed by atoms with Gasteiger partial charge in [0.2, 0.25) is 0 Å². The molecule has 0 spiro atoms. The van der Waals surface area contributed by atoms with Crippen molar-refractivity contribution in [3.63, 3.8) is 0 Å². The van der Waals surface area contributed by atoms with Crippen LogP contribution in [0.5, 0.6) is 5.75 Å². The minimum absolute atomic E-state index is 0.250. The second-order valence-corrected chi connectivity index (χ2v) is 4.50. The highest BCUT2D eigenvalue weighted by molar-refractivity contribution is 5.87. The van der Waals surface area contributed by atoms with Gasteiger partial charge in [-0.05, 0) is 38.1 Å². The molecule has 0 saturated carbocycles. The van der Waals surface area contributed by atoms with E-state index in [9.17, 15) is 4.79 Å². The predicted octanol–water partition coefficient (Wildman–Crippen LogP) is 2.74. The molecule has 2 rings (SSSR count). The van der Waals surface area contributed by atoms with Crippen LogP contribution in [0.3, 0.4) is 0 Å². The lowest BCUT2D eigenvalue weighted by Crippen LogP contribution is -2.07. The Labute approximate surface area is 111 Å². The normalized spacial score (nSPS) is 10.7. The minimum atomic E-state index is -0.940. The molecule has 0 aliphatic carbocycles. The number of ether oxygens (including phenoxy) is 1. The van der Waals surface area contributed by atoms with Gasteiger partial charge in [-0.25, -0.2) is 9.78 Å². The van der Waals surface area contributed by atoms with Crippen LogP contribution in [0.4, 0.5) is 0 Å². The van der Waals surface area contributed by atoms with Gasteiger partial charge < -0.3 is 14.4 Å². The molecule has 0 fully saturated rings. The number of nitrogens with zero attached hydrogens (tertiary/aromatic N) is 2. The Kier molecular flexibility index (Phi) is 3.85. The van der Waals surface area contributed by atoms with Gasteiger partial charge in [-0.15, -0.1) is 0 Å². The van der Waals surface area contributed by atoms with Crippen LogP contribution in [0.2, 0.25) is 0 Å². The summed E-state index contributed by atoms with van der Waals surface area (Å²) in [4.78, 5) is 14.8. The molecule has 5 heteroatoms. The first-order chi connectivity index (χ1) is 9.08. The van der Waals surface area contributed by atoms with Crippen molar-refractivity contribution in [2.24, 2.45) is 0 Å². The molecule has 0 amide bonds. The van der Waals surface area contributed by atoms with Gasteiger partial charge in [-0.2, -0.15) is 0 Å². The maximum Gasteiger partial charge on any atom is 0.335 e. The van der Waals surface area contributed by atoms with Gasteiger partial charge in [0, 0.05) is 6.04 Å². The van der Waals surface area contributed by atoms with Crippen LogP contribution in [0.15, 0.2) is 36.8 Å². The molecule has 1 heterocycles. The van der Waals surface area contributed by atoms with E-state index in [4.69, 9.17) is 9.84 Å². The van der Waals surface area contributed by atoms with E-state index in [1.54, 1.807) is 24.7 Å². The fraction of sp³-hybridized carbons (Fsp3) is 0.286. The number of benzene rings is 1. The number of carbonyl (C=O) groups is 1. The molecule has 2 aromatic rings. The standard InChI is InChI=1S/C14H16N2O3/c1-10(2)16-9-15-7-12(16)8-19-13-5-3-11(4-6-13)14(17)18/h3-7,9-10H,8H2,1-2H3,(H,17,18). The maximum absolute atomic E-state index is 10.7. The van der Waals surface area contributed by atoms with Crippen LogP contribution in [0.25, 0.3) is 0 Å². The van der Waals surface area contributed by atoms with Gasteiger partial charge in [-0.1, -0.05) is 0 Å². The van der Waals surface area contributed by atoms with Crippen molar-refractivity contribution >= 4 is 5.97 Å². The molecular weight excluding hydrogens is 244 g/mol. The highest BCUT2D eigenvalue weighted by Crippen LogP contribution is 2.15. The largest absolute Gasteiger partial charge is 0.487 e. The molecule has 1 aromatic heterocycles. The molecule has 0 saturated heterocycles. The fourth-order valence-electron chi connectivity index (χ4n) is 1.76. The topological polar surface area (TPSA) is 64.4 Å². The summed E-state index contributed by atoms with van der Waals surface area (Å²) in [5.41, 5.74) is 1.23. The first-order valence-electron chi connectivity index (χ1n) is 6.05. The molecule has 0 aliphatic rings. The highest BCUT2D eigenvalue weighted by atomic mass is 16.5. The number of carboxylic acids is 1. The van der Waals surface area contributed by atoms with E-state index < -0.39 is 5.97 Å². The van der Waals surface area contributed by atoms with Gasteiger partial charge in [-0.3, -0.25) is 0 Å². The van der Waals surface area contributed by atoms with Crippen LogP contribution >= 0.6 is 0 Å². The van der Waals surface area contributed by atoms with Gasteiger partial charge in [0.15, 0.2) is 0 Å². The Morgan fingerprint density at radius 1 is 1.37 bits per heavy atom. The zero-order valence-corrected chi connectivity index (χ0v) is 10.9. The maximum atomic E-state index is 10.7. The fourth-order valence-corrected chi connectivity index (χ4v) is 1.76. The van der Waals surface area contributed by atoms with Crippen molar-refractivity contribution in [3.8, 4) is 5.75 Å². The third kappa shape index (κ3) is 3.13. The zero-order valence-electron chi connectivity index (χ0n) is 10.9. The Bertz CT molecular complexity index is 558. The van der Waals surface area contributed by atoms with E-state index in [-0.39, 0.29) is 5.56 Å². The molecule has 0 bridgehead atoms. The number of hydrogen-bond donors (Lipinski definition) is 1. The third-order valence-electron chi connectivity index (χ3n) is 2.79. The van der Waals surface area contributed by atoms with E-state index in [0.29, 0.717) is 18.4 Å². The molecule has 5 nitrogen and oxygen atoms in total. The summed E-state index contributed by atoms with van der Waals surface area (Å²) in [6, 6.07) is 6.68. The summed E-state index contributed by atoms with van der Waals surface area (Å²) >= 11 is 0. The Balaban J connectivity index is 2.02. The van der Waals surface area contributed by atoms with Crippen molar-refractivity contribution in [1.82, 2.24) is 9.55 Å². The number of aromatic carboxylic acids is 1. The van der Waals surface area contributed by atoms with Crippen LogP contribution < -0.4 is 4.74 Å². The zero-order chi connectivity index (χ0) is 13.8. The highest BCUT2D eigenvalue weighted by Gasteiger charge is 2.07. The summed E-state index contributed by atoms with van der Waals surface area (Å²) in [5, 5.41) is 8.80. The van der Waals surface area contributed by atoms with Crippen molar-refractivity contribution in [1.29, 1.82) is 0 Å². The van der Waals surface area contributed by atoms with Gasteiger partial charge in [0.1, 0.15) is 12.4 Å².